The van der Waals surface area contributed by atoms with Crippen LogP contribution in [0.1, 0.15) is 83.5 Å². The van der Waals surface area contributed by atoms with E-state index in [1.54, 1.807) is 7.11 Å². The van der Waals surface area contributed by atoms with E-state index in [0.29, 0.717) is 30.5 Å². The average molecular weight is 409 g/mol. The Kier molecular flexibility index (Phi) is 9.02. The smallest absolute Gasteiger partial charge is 0.330 e. The number of rotatable bonds is 8. The summed E-state index contributed by atoms with van der Waals surface area (Å²) in [6.07, 6.45) is 15.9. The van der Waals surface area contributed by atoms with Gasteiger partial charge in [0.1, 0.15) is 6.17 Å². The molecule has 0 N–H and O–H groups in total. The summed E-state index contributed by atoms with van der Waals surface area (Å²) in [5, 5.41) is 0. The Bertz CT molecular complexity index is 506. The molecule has 3 atom stereocenters. The predicted octanol–water partition coefficient (Wildman–Crippen LogP) is 6.26. The number of hydrogen-bond acceptors (Lipinski definition) is 3. The van der Waals surface area contributed by atoms with Gasteiger partial charge in [0.05, 0.1) is 12.7 Å². The van der Waals surface area contributed by atoms with Gasteiger partial charge in [-0.3, -0.25) is 0 Å². The lowest BCUT2D eigenvalue weighted by atomic mass is 9.64. The Morgan fingerprint density at radius 1 is 0.966 bits per heavy atom. The Hall–Kier alpha value is -0.900. The topological polar surface area (TPSA) is 35.5 Å². The normalized spacial score (nSPS) is 38.3. The second kappa shape index (κ2) is 11.5. The van der Waals surface area contributed by atoms with Gasteiger partial charge in [0.15, 0.2) is 0 Å². The van der Waals surface area contributed by atoms with E-state index in [9.17, 15) is 4.79 Å². The van der Waals surface area contributed by atoms with Crippen LogP contribution < -0.4 is 0 Å². The number of ether oxygens (including phenoxy) is 2. The highest BCUT2D eigenvalue weighted by molar-refractivity contribution is 5.81. The van der Waals surface area contributed by atoms with Gasteiger partial charge in [-0.1, -0.05) is 19.4 Å². The predicted molar refractivity (Wildman–Crippen MR) is 114 cm³/mol. The minimum atomic E-state index is -0.588. The van der Waals surface area contributed by atoms with Crippen molar-refractivity contribution in [3.63, 3.8) is 0 Å². The molecular formula is C25H41FO3. The van der Waals surface area contributed by atoms with Crippen molar-refractivity contribution < 1.29 is 18.7 Å². The van der Waals surface area contributed by atoms with Gasteiger partial charge in [-0.2, -0.15) is 0 Å². The molecule has 166 valence electrons. The third kappa shape index (κ3) is 6.54. The number of esters is 1. The minimum absolute atomic E-state index is 0.304. The molecule has 3 nitrogen and oxygen atoms in total. The molecule has 3 rings (SSSR count). The van der Waals surface area contributed by atoms with Crippen LogP contribution in [0.4, 0.5) is 4.39 Å². The van der Waals surface area contributed by atoms with Gasteiger partial charge in [-0.15, -0.1) is 0 Å². The van der Waals surface area contributed by atoms with Crippen molar-refractivity contribution in [1.82, 2.24) is 0 Å². The monoisotopic (exact) mass is 408 g/mol. The second-order valence-electron chi connectivity index (χ2n) is 9.82. The molecule has 3 unspecified atom stereocenters. The molecule has 3 aliphatic carbocycles. The summed E-state index contributed by atoms with van der Waals surface area (Å²) < 4.78 is 25.7. The van der Waals surface area contributed by atoms with Crippen LogP contribution in [0.3, 0.4) is 0 Å². The van der Waals surface area contributed by atoms with Gasteiger partial charge < -0.3 is 9.47 Å². The lowest BCUT2D eigenvalue weighted by Gasteiger charge is -2.43. The Balaban J connectivity index is 1.34. The number of alkyl halides is 1. The number of methoxy groups -OCH3 is 1. The molecule has 0 saturated heterocycles. The molecular weight excluding hydrogens is 367 g/mol. The SMILES string of the molecule is C=CC(=O)OCCCC1CCC(C2CCC(C3CCC(OC)CC3)C(F)C2)CC1. The molecule has 3 fully saturated rings. The molecule has 0 aliphatic heterocycles. The molecule has 0 spiro atoms. The van der Waals surface area contributed by atoms with Crippen molar-refractivity contribution >= 4 is 5.97 Å². The van der Waals surface area contributed by atoms with E-state index in [4.69, 9.17) is 9.47 Å². The highest BCUT2D eigenvalue weighted by Crippen LogP contribution is 2.46. The molecule has 0 heterocycles. The first kappa shape index (κ1) is 22.8. The van der Waals surface area contributed by atoms with Gasteiger partial charge in [-0.25, -0.2) is 9.18 Å². The standard InChI is InChI=1S/C25H41FO3/c1-3-25(27)29-16-4-5-18-6-8-19(9-7-18)21-12-15-23(24(26)17-21)20-10-13-22(28-2)14-11-20/h3,18-24H,1,4-17H2,2H3. The fourth-order valence-corrected chi connectivity index (χ4v) is 6.43. The van der Waals surface area contributed by atoms with Crippen molar-refractivity contribution in [3.8, 4) is 0 Å². The molecule has 0 aromatic rings. The van der Waals surface area contributed by atoms with Crippen LogP contribution in [0, 0.1) is 29.6 Å². The van der Waals surface area contributed by atoms with E-state index in [1.165, 1.54) is 38.2 Å². The van der Waals surface area contributed by atoms with Gasteiger partial charge in [0, 0.05) is 13.2 Å². The van der Waals surface area contributed by atoms with E-state index in [0.717, 1.165) is 63.2 Å². The first-order valence-electron chi connectivity index (χ1n) is 12.1. The highest BCUT2D eigenvalue weighted by Gasteiger charge is 2.40. The summed E-state index contributed by atoms with van der Waals surface area (Å²) >= 11 is 0. The second-order valence-corrected chi connectivity index (χ2v) is 9.82. The molecule has 29 heavy (non-hydrogen) atoms. The summed E-state index contributed by atoms with van der Waals surface area (Å²) in [6.45, 7) is 3.92. The fraction of sp³-hybridized carbons (Fsp3) is 0.880. The maximum absolute atomic E-state index is 15.1. The molecule has 0 radical (unpaired) electrons. The van der Waals surface area contributed by atoms with Crippen molar-refractivity contribution in [1.29, 1.82) is 0 Å². The largest absolute Gasteiger partial charge is 0.463 e. The number of carbonyl (C=O) groups excluding carboxylic acids is 1. The highest BCUT2D eigenvalue weighted by atomic mass is 19.1. The molecule has 0 amide bonds. The van der Waals surface area contributed by atoms with E-state index in [2.05, 4.69) is 6.58 Å². The number of hydrogen-bond donors (Lipinski definition) is 0. The Morgan fingerprint density at radius 2 is 1.62 bits per heavy atom. The average Bonchev–Trinajstić information content (AvgIpc) is 2.77. The van der Waals surface area contributed by atoms with Crippen LogP contribution >= 0.6 is 0 Å². The third-order valence-electron chi connectivity index (χ3n) is 8.25. The van der Waals surface area contributed by atoms with Crippen LogP contribution in [0.2, 0.25) is 0 Å². The molecule has 0 aromatic heterocycles. The van der Waals surface area contributed by atoms with Crippen LogP contribution in [0.5, 0.6) is 0 Å². The van der Waals surface area contributed by atoms with Gasteiger partial charge in [0.25, 0.3) is 0 Å². The maximum atomic E-state index is 15.1. The van der Waals surface area contributed by atoms with Gasteiger partial charge in [-0.05, 0) is 100 Å². The van der Waals surface area contributed by atoms with Crippen LogP contribution in [0.25, 0.3) is 0 Å². The summed E-state index contributed by atoms with van der Waals surface area (Å²) in [4.78, 5) is 11.1. The van der Waals surface area contributed by atoms with Crippen molar-refractivity contribution in [2.75, 3.05) is 13.7 Å². The lowest BCUT2D eigenvalue weighted by molar-refractivity contribution is -0.137. The number of carbonyl (C=O) groups is 1. The van der Waals surface area contributed by atoms with Crippen LogP contribution in [0.15, 0.2) is 12.7 Å². The van der Waals surface area contributed by atoms with Gasteiger partial charge in [0.2, 0.25) is 0 Å². The Morgan fingerprint density at radius 3 is 2.24 bits per heavy atom. The molecule has 0 aromatic carbocycles. The summed E-state index contributed by atoms with van der Waals surface area (Å²) in [5.74, 6) is 2.65. The van der Waals surface area contributed by atoms with Crippen molar-refractivity contribution in [3.05, 3.63) is 12.7 Å². The minimum Gasteiger partial charge on any atom is -0.463 e. The van der Waals surface area contributed by atoms with E-state index in [1.807, 2.05) is 0 Å². The van der Waals surface area contributed by atoms with E-state index in [-0.39, 0.29) is 5.97 Å². The zero-order chi connectivity index (χ0) is 20.6. The summed E-state index contributed by atoms with van der Waals surface area (Å²) in [6, 6.07) is 0. The summed E-state index contributed by atoms with van der Waals surface area (Å²) in [7, 11) is 1.81. The van der Waals surface area contributed by atoms with Gasteiger partial charge >= 0.3 is 5.97 Å². The van der Waals surface area contributed by atoms with Crippen molar-refractivity contribution in [2.24, 2.45) is 29.6 Å². The first-order chi connectivity index (χ1) is 14.1. The molecule has 3 aliphatic rings. The maximum Gasteiger partial charge on any atom is 0.330 e. The van der Waals surface area contributed by atoms with Crippen molar-refractivity contribution in [2.45, 2.75) is 95.7 Å². The van der Waals surface area contributed by atoms with Crippen LogP contribution in [-0.2, 0) is 14.3 Å². The zero-order valence-electron chi connectivity index (χ0n) is 18.3. The molecule has 0 bridgehead atoms. The van der Waals surface area contributed by atoms with E-state index >= 15 is 4.39 Å². The Labute approximate surface area is 176 Å². The fourth-order valence-electron chi connectivity index (χ4n) is 6.43. The molecule has 4 heteroatoms. The third-order valence-corrected chi connectivity index (χ3v) is 8.25. The number of halogens is 1. The lowest BCUT2D eigenvalue weighted by Crippen LogP contribution is -2.37. The first-order valence-corrected chi connectivity index (χ1v) is 12.1. The summed E-state index contributed by atoms with van der Waals surface area (Å²) in [5.41, 5.74) is 0. The van der Waals surface area contributed by atoms with Crippen LogP contribution in [-0.4, -0.2) is 32.0 Å². The zero-order valence-corrected chi connectivity index (χ0v) is 18.3. The molecule has 3 saturated carbocycles. The van der Waals surface area contributed by atoms with E-state index < -0.39 is 6.17 Å². The quantitative estimate of drug-likeness (QED) is 0.270.